The summed E-state index contributed by atoms with van der Waals surface area (Å²) in [4.78, 5) is 0. The van der Waals surface area contributed by atoms with Crippen LogP contribution in [0, 0.1) is 5.92 Å². The molecule has 114 valence electrons. The monoisotopic (exact) mass is 291 g/mol. The van der Waals surface area contributed by atoms with Crippen LogP contribution in [0.2, 0.25) is 0 Å². The van der Waals surface area contributed by atoms with Crippen molar-refractivity contribution in [1.82, 2.24) is 5.32 Å². The molecular weight excluding hydrogens is 271 g/mol. The molecule has 1 aromatic carbocycles. The molecule has 0 amide bonds. The van der Waals surface area contributed by atoms with Crippen LogP contribution in [-0.4, -0.2) is 24.1 Å². The van der Waals surface area contributed by atoms with Crippen LogP contribution >= 0.6 is 0 Å². The van der Waals surface area contributed by atoms with Gasteiger partial charge in [0.05, 0.1) is 0 Å². The third kappa shape index (κ3) is 6.25. The maximum absolute atomic E-state index is 12.0. The molecule has 1 rings (SSSR count). The fraction of sp³-hybridized carbons (Fsp3) is 0.571. The molecule has 0 spiro atoms. The van der Waals surface area contributed by atoms with Gasteiger partial charge in [-0.15, -0.1) is 13.2 Å². The first kappa shape index (κ1) is 16.8. The first-order valence-corrected chi connectivity index (χ1v) is 6.50. The number of hydrogen-bond donors (Lipinski definition) is 2. The minimum atomic E-state index is -4.66. The van der Waals surface area contributed by atoms with Gasteiger partial charge >= 0.3 is 6.36 Å². The lowest BCUT2D eigenvalue weighted by Crippen LogP contribution is -2.34. The number of aliphatic hydroxyl groups is 1. The summed E-state index contributed by atoms with van der Waals surface area (Å²) >= 11 is 0. The van der Waals surface area contributed by atoms with Crippen molar-refractivity contribution in [1.29, 1.82) is 0 Å². The number of nitrogens with one attached hydrogen (secondary N) is 1. The Balaban J connectivity index is 2.52. The lowest BCUT2D eigenvalue weighted by atomic mass is 10.0. The van der Waals surface area contributed by atoms with E-state index >= 15 is 0 Å². The molecule has 1 unspecified atom stereocenters. The highest BCUT2D eigenvalue weighted by molar-refractivity contribution is 5.27. The first-order chi connectivity index (χ1) is 9.31. The molecule has 0 bridgehead atoms. The van der Waals surface area contributed by atoms with Crippen molar-refractivity contribution < 1.29 is 23.0 Å². The molecule has 2 N–H and O–H groups in total. The number of benzene rings is 1. The Bertz CT molecular complexity index is 390. The van der Waals surface area contributed by atoms with E-state index in [2.05, 4.69) is 10.1 Å². The van der Waals surface area contributed by atoms with Crippen LogP contribution in [0.3, 0.4) is 0 Å². The summed E-state index contributed by atoms with van der Waals surface area (Å²) in [6.45, 7) is 4.74. The van der Waals surface area contributed by atoms with Gasteiger partial charge in [0.15, 0.2) is 0 Å². The van der Waals surface area contributed by atoms with Gasteiger partial charge in [0.1, 0.15) is 5.75 Å². The highest BCUT2D eigenvalue weighted by atomic mass is 19.4. The Morgan fingerprint density at radius 1 is 1.20 bits per heavy atom. The van der Waals surface area contributed by atoms with Crippen molar-refractivity contribution in [2.75, 3.05) is 6.61 Å². The van der Waals surface area contributed by atoms with Gasteiger partial charge in [-0.2, -0.15) is 0 Å². The van der Waals surface area contributed by atoms with Gasteiger partial charge in [0.25, 0.3) is 0 Å². The van der Waals surface area contributed by atoms with Crippen LogP contribution in [-0.2, 0) is 6.54 Å². The van der Waals surface area contributed by atoms with Crippen molar-refractivity contribution in [3.63, 3.8) is 0 Å². The maximum Gasteiger partial charge on any atom is 0.573 e. The molecule has 0 aliphatic heterocycles. The van der Waals surface area contributed by atoms with E-state index in [4.69, 9.17) is 5.11 Å². The molecule has 0 radical (unpaired) electrons. The zero-order valence-electron chi connectivity index (χ0n) is 11.6. The minimum absolute atomic E-state index is 0.105. The van der Waals surface area contributed by atoms with Gasteiger partial charge < -0.3 is 15.2 Å². The van der Waals surface area contributed by atoms with Gasteiger partial charge in [-0.05, 0) is 30.0 Å². The SMILES string of the molecule is CC(C)C(CCO)NCc1ccc(OC(F)(F)F)cc1. The fourth-order valence-electron chi connectivity index (χ4n) is 1.87. The Morgan fingerprint density at radius 2 is 1.80 bits per heavy atom. The number of rotatable bonds is 7. The number of aliphatic hydroxyl groups excluding tert-OH is 1. The second-order valence-electron chi connectivity index (χ2n) is 4.94. The molecule has 0 saturated carbocycles. The van der Waals surface area contributed by atoms with E-state index < -0.39 is 6.36 Å². The van der Waals surface area contributed by atoms with Crippen LogP contribution in [0.5, 0.6) is 5.75 Å². The van der Waals surface area contributed by atoms with Gasteiger partial charge in [-0.3, -0.25) is 0 Å². The van der Waals surface area contributed by atoms with Crippen LogP contribution in [0.15, 0.2) is 24.3 Å². The summed E-state index contributed by atoms with van der Waals surface area (Å²) in [5.74, 6) is 0.145. The molecule has 0 heterocycles. The molecule has 0 saturated heterocycles. The van der Waals surface area contributed by atoms with Gasteiger partial charge in [-0.25, -0.2) is 0 Å². The van der Waals surface area contributed by atoms with E-state index in [9.17, 15) is 13.2 Å². The molecule has 1 aromatic rings. The Hall–Kier alpha value is -1.27. The molecule has 6 heteroatoms. The smallest absolute Gasteiger partial charge is 0.406 e. The second kappa shape index (κ2) is 7.50. The van der Waals surface area contributed by atoms with E-state index in [0.29, 0.717) is 18.9 Å². The molecule has 0 aromatic heterocycles. The minimum Gasteiger partial charge on any atom is -0.406 e. The van der Waals surface area contributed by atoms with Gasteiger partial charge in [0, 0.05) is 19.2 Å². The fourth-order valence-corrected chi connectivity index (χ4v) is 1.87. The van der Waals surface area contributed by atoms with Gasteiger partial charge in [0.2, 0.25) is 0 Å². The summed E-state index contributed by atoms with van der Waals surface area (Å²) in [6, 6.07) is 5.93. The maximum atomic E-state index is 12.0. The molecule has 0 fully saturated rings. The first-order valence-electron chi connectivity index (χ1n) is 6.50. The third-order valence-corrected chi connectivity index (χ3v) is 2.97. The number of alkyl halides is 3. The molecular formula is C14H20F3NO2. The number of ether oxygens (including phenoxy) is 1. The Kier molecular flexibility index (Phi) is 6.29. The molecule has 0 aliphatic carbocycles. The largest absolute Gasteiger partial charge is 0.573 e. The number of hydrogen-bond acceptors (Lipinski definition) is 3. The summed E-state index contributed by atoms with van der Waals surface area (Å²) in [5, 5.41) is 12.2. The Morgan fingerprint density at radius 3 is 2.25 bits per heavy atom. The summed E-state index contributed by atoms with van der Waals surface area (Å²) in [5.41, 5.74) is 0.864. The number of halogens is 3. The van der Waals surface area contributed by atoms with Crippen molar-refractivity contribution in [3.05, 3.63) is 29.8 Å². The average Bonchev–Trinajstić information content (AvgIpc) is 2.34. The predicted octanol–water partition coefficient (Wildman–Crippen LogP) is 3.08. The van der Waals surface area contributed by atoms with Crippen LogP contribution in [0.4, 0.5) is 13.2 Å². The van der Waals surface area contributed by atoms with Crippen molar-refractivity contribution in [2.24, 2.45) is 5.92 Å². The highest BCUT2D eigenvalue weighted by Crippen LogP contribution is 2.22. The van der Waals surface area contributed by atoms with Crippen molar-refractivity contribution >= 4 is 0 Å². The average molecular weight is 291 g/mol. The summed E-state index contributed by atoms with van der Waals surface area (Å²) in [7, 11) is 0. The highest BCUT2D eigenvalue weighted by Gasteiger charge is 2.30. The second-order valence-corrected chi connectivity index (χ2v) is 4.94. The third-order valence-electron chi connectivity index (χ3n) is 2.97. The zero-order valence-corrected chi connectivity index (χ0v) is 11.6. The molecule has 1 atom stereocenters. The van der Waals surface area contributed by atoms with E-state index in [0.717, 1.165) is 5.56 Å². The van der Waals surface area contributed by atoms with Crippen molar-refractivity contribution in [2.45, 2.75) is 39.2 Å². The summed E-state index contributed by atoms with van der Waals surface area (Å²) in [6.07, 6.45) is -4.02. The summed E-state index contributed by atoms with van der Waals surface area (Å²) < 4.78 is 39.8. The van der Waals surface area contributed by atoms with Crippen LogP contribution in [0.1, 0.15) is 25.8 Å². The van der Waals surface area contributed by atoms with Crippen LogP contribution in [0.25, 0.3) is 0 Å². The molecule has 3 nitrogen and oxygen atoms in total. The predicted molar refractivity (Wildman–Crippen MR) is 70.3 cm³/mol. The zero-order chi connectivity index (χ0) is 15.2. The van der Waals surface area contributed by atoms with E-state index in [1.54, 1.807) is 12.1 Å². The molecule has 0 aliphatic rings. The van der Waals surface area contributed by atoms with Crippen molar-refractivity contribution in [3.8, 4) is 5.75 Å². The lowest BCUT2D eigenvalue weighted by Gasteiger charge is -2.21. The van der Waals surface area contributed by atoms with E-state index in [1.165, 1.54) is 12.1 Å². The Labute approximate surface area is 116 Å². The topological polar surface area (TPSA) is 41.5 Å². The lowest BCUT2D eigenvalue weighted by molar-refractivity contribution is -0.274. The quantitative estimate of drug-likeness (QED) is 0.811. The standard InChI is InChI=1S/C14H20F3NO2/c1-10(2)13(7-8-19)18-9-11-3-5-12(6-4-11)20-14(15,16)17/h3-6,10,13,18-19H,7-9H2,1-2H3. The molecule has 20 heavy (non-hydrogen) atoms. The normalized spacial score (nSPS) is 13.6. The van der Waals surface area contributed by atoms with E-state index in [-0.39, 0.29) is 18.4 Å². The van der Waals surface area contributed by atoms with Gasteiger partial charge in [-0.1, -0.05) is 26.0 Å². The van der Waals surface area contributed by atoms with E-state index in [1.807, 2.05) is 13.8 Å². The van der Waals surface area contributed by atoms with Crippen LogP contribution < -0.4 is 10.1 Å².